The lowest BCUT2D eigenvalue weighted by atomic mass is 10.1. The molecule has 8 nitrogen and oxygen atoms in total. The van der Waals surface area contributed by atoms with Crippen LogP contribution in [0.4, 0.5) is 0 Å². The molecule has 0 atom stereocenters. The summed E-state index contributed by atoms with van der Waals surface area (Å²) in [5, 5.41) is 15.7. The van der Waals surface area contributed by atoms with Gasteiger partial charge in [-0.25, -0.2) is 13.4 Å². The minimum atomic E-state index is -3.34. The molecule has 0 bridgehead atoms. The number of nitrogens with one attached hydrogen (secondary N) is 1. The van der Waals surface area contributed by atoms with E-state index >= 15 is 0 Å². The Kier molecular flexibility index (Phi) is 7.39. The average Bonchev–Trinajstić information content (AvgIpc) is 3.35. The number of aliphatic hydroxyl groups excluding tert-OH is 1. The van der Waals surface area contributed by atoms with Crippen molar-refractivity contribution in [1.82, 2.24) is 20.4 Å². The summed E-state index contributed by atoms with van der Waals surface area (Å²) in [5.41, 5.74) is 5.33. The minimum absolute atomic E-state index is 0. The van der Waals surface area contributed by atoms with Crippen LogP contribution < -0.4 is 5.32 Å². The van der Waals surface area contributed by atoms with Crippen molar-refractivity contribution >= 4 is 9.84 Å². The number of aryl methyl sites for hydroxylation is 1. The molecule has 0 aliphatic carbocycles. The molecule has 0 saturated heterocycles. The van der Waals surface area contributed by atoms with E-state index in [1.165, 1.54) is 0 Å². The van der Waals surface area contributed by atoms with Crippen molar-refractivity contribution in [3.05, 3.63) is 72.1 Å². The molecule has 186 valence electrons. The van der Waals surface area contributed by atoms with Gasteiger partial charge in [-0.05, 0) is 38.5 Å². The predicted molar refractivity (Wildman–Crippen MR) is 138 cm³/mol. The lowest BCUT2D eigenvalue weighted by molar-refractivity contribution is 0.292. The molecule has 0 radical (unpaired) electrons. The molecule has 0 saturated carbocycles. The monoisotopic (exact) mass is 496 g/mol. The van der Waals surface area contributed by atoms with Gasteiger partial charge in [-0.2, -0.15) is 0 Å². The van der Waals surface area contributed by atoms with Crippen LogP contribution in [0.3, 0.4) is 0 Å². The second-order valence-electron chi connectivity index (χ2n) is 8.48. The summed E-state index contributed by atoms with van der Waals surface area (Å²) >= 11 is 0. The molecule has 2 heterocycles. The number of aromatic nitrogens is 3. The first kappa shape index (κ1) is 24.7. The van der Waals surface area contributed by atoms with Gasteiger partial charge in [-0.1, -0.05) is 41.6 Å². The summed E-state index contributed by atoms with van der Waals surface area (Å²) in [6.45, 7) is 6.51. The topological polar surface area (TPSA) is 118 Å². The highest BCUT2D eigenvalue weighted by molar-refractivity contribution is 7.92. The molecule has 35 heavy (non-hydrogen) atoms. The van der Waals surface area contributed by atoms with Crippen LogP contribution in [0.15, 0.2) is 70.2 Å². The maximum absolute atomic E-state index is 12.4. The third-order valence-electron chi connectivity index (χ3n) is 5.67. The van der Waals surface area contributed by atoms with Crippen molar-refractivity contribution in [2.24, 2.45) is 0 Å². The van der Waals surface area contributed by atoms with E-state index in [2.05, 4.69) is 15.5 Å². The van der Waals surface area contributed by atoms with Gasteiger partial charge < -0.3 is 14.9 Å². The van der Waals surface area contributed by atoms with Gasteiger partial charge in [-0.3, -0.25) is 4.98 Å². The van der Waals surface area contributed by atoms with Crippen molar-refractivity contribution < 1.29 is 20.9 Å². The summed E-state index contributed by atoms with van der Waals surface area (Å²) in [6.07, 6.45) is 1.66. The Morgan fingerprint density at radius 1 is 1.03 bits per heavy atom. The SMILES string of the molecule is Cc1ncc(-c2ccc(S(=O)(=O)C(C)C)cc2)nc1-c1cc(-c2ccc(CNCCO)cc2)no1.[HH].[HH]. The Morgan fingerprint density at radius 2 is 1.69 bits per heavy atom. The van der Waals surface area contributed by atoms with Crippen LogP contribution in [0.25, 0.3) is 34.0 Å². The molecule has 0 aliphatic rings. The third kappa shape index (κ3) is 5.48. The largest absolute Gasteiger partial charge is 0.395 e. The fraction of sp³-hybridized carbons (Fsp3) is 0.269. The van der Waals surface area contributed by atoms with Crippen LogP contribution in [-0.2, 0) is 16.4 Å². The fourth-order valence-corrected chi connectivity index (χ4v) is 4.60. The number of nitrogens with zero attached hydrogens (tertiary/aromatic N) is 3. The Hall–Kier alpha value is -3.40. The molecule has 2 aromatic heterocycles. The lowest BCUT2D eigenvalue weighted by Gasteiger charge is -2.09. The minimum Gasteiger partial charge on any atom is -0.395 e. The number of aliphatic hydroxyl groups is 1. The predicted octanol–water partition coefficient (Wildman–Crippen LogP) is 4.53. The first-order valence-corrected chi connectivity index (χ1v) is 12.9. The number of sulfone groups is 1. The summed E-state index contributed by atoms with van der Waals surface area (Å²) in [5.74, 6) is 0.500. The third-order valence-corrected chi connectivity index (χ3v) is 7.84. The van der Waals surface area contributed by atoms with E-state index in [9.17, 15) is 8.42 Å². The normalized spacial score (nSPS) is 11.8. The van der Waals surface area contributed by atoms with Crippen LogP contribution >= 0.6 is 0 Å². The quantitative estimate of drug-likeness (QED) is 0.325. The van der Waals surface area contributed by atoms with Crippen LogP contribution in [-0.4, -0.2) is 47.1 Å². The van der Waals surface area contributed by atoms with Gasteiger partial charge in [-0.15, -0.1) is 0 Å². The van der Waals surface area contributed by atoms with Gasteiger partial charge in [0.05, 0.1) is 34.3 Å². The molecule has 0 spiro atoms. The summed E-state index contributed by atoms with van der Waals surface area (Å²) in [6, 6.07) is 16.5. The molecule has 0 unspecified atom stereocenters. The zero-order chi connectivity index (χ0) is 25.0. The Morgan fingerprint density at radius 3 is 2.34 bits per heavy atom. The zero-order valence-electron chi connectivity index (χ0n) is 19.9. The number of rotatable bonds is 9. The summed E-state index contributed by atoms with van der Waals surface area (Å²) in [4.78, 5) is 9.48. The molecular weight excluding hydrogens is 464 g/mol. The first-order chi connectivity index (χ1) is 16.8. The van der Waals surface area contributed by atoms with Crippen molar-refractivity contribution in [3.8, 4) is 34.0 Å². The molecule has 9 heteroatoms. The van der Waals surface area contributed by atoms with Gasteiger partial charge in [0.25, 0.3) is 0 Å². The second-order valence-corrected chi connectivity index (χ2v) is 11.0. The Labute approximate surface area is 208 Å². The zero-order valence-corrected chi connectivity index (χ0v) is 20.7. The number of benzene rings is 2. The lowest BCUT2D eigenvalue weighted by Crippen LogP contribution is -2.17. The summed E-state index contributed by atoms with van der Waals surface area (Å²) in [7, 11) is -3.34. The number of hydrogen-bond donors (Lipinski definition) is 2. The summed E-state index contributed by atoms with van der Waals surface area (Å²) < 4.78 is 30.4. The van der Waals surface area contributed by atoms with Gasteiger partial charge in [0.2, 0.25) is 0 Å². The van der Waals surface area contributed by atoms with E-state index in [-0.39, 0.29) is 14.4 Å². The van der Waals surface area contributed by atoms with Crippen LogP contribution in [0.2, 0.25) is 0 Å². The smallest absolute Gasteiger partial charge is 0.187 e. The highest BCUT2D eigenvalue weighted by atomic mass is 32.2. The van der Waals surface area contributed by atoms with Crippen LogP contribution in [0.1, 0.15) is 28.0 Å². The van der Waals surface area contributed by atoms with E-state index in [0.717, 1.165) is 16.7 Å². The molecule has 4 aromatic rings. The van der Waals surface area contributed by atoms with E-state index in [4.69, 9.17) is 14.6 Å². The molecular formula is C26H32N4O4S. The first-order valence-electron chi connectivity index (χ1n) is 11.4. The van der Waals surface area contributed by atoms with E-state index < -0.39 is 15.1 Å². The molecule has 2 aromatic carbocycles. The van der Waals surface area contributed by atoms with Gasteiger partial charge in [0.1, 0.15) is 11.4 Å². The van der Waals surface area contributed by atoms with Crippen LogP contribution in [0, 0.1) is 6.92 Å². The van der Waals surface area contributed by atoms with Gasteiger partial charge >= 0.3 is 0 Å². The van der Waals surface area contributed by atoms with E-state index in [1.54, 1.807) is 44.3 Å². The van der Waals surface area contributed by atoms with Crippen molar-refractivity contribution in [1.29, 1.82) is 0 Å². The molecule has 2 N–H and O–H groups in total. The fourth-order valence-electron chi connectivity index (χ4n) is 3.54. The molecule has 0 amide bonds. The highest BCUT2D eigenvalue weighted by Gasteiger charge is 2.19. The second kappa shape index (κ2) is 10.5. The Balaban J connectivity index is 0.00000241. The highest BCUT2D eigenvalue weighted by Crippen LogP contribution is 2.29. The maximum Gasteiger partial charge on any atom is 0.187 e. The number of hydrogen-bond acceptors (Lipinski definition) is 8. The van der Waals surface area contributed by atoms with Crippen molar-refractivity contribution in [2.45, 2.75) is 37.5 Å². The van der Waals surface area contributed by atoms with Gasteiger partial charge in [0.15, 0.2) is 15.6 Å². The molecule has 0 aliphatic heterocycles. The van der Waals surface area contributed by atoms with Crippen molar-refractivity contribution in [2.75, 3.05) is 13.2 Å². The van der Waals surface area contributed by atoms with Crippen molar-refractivity contribution in [3.63, 3.8) is 0 Å². The van der Waals surface area contributed by atoms with Gasteiger partial charge in [0, 0.05) is 33.1 Å². The Bertz CT molecular complexity index is 1410. The maximum atomic E-state index is 12.4. The molecule has 4 rings (SSSR count). The van der Waals surface area contributed by atoms with Crippen LogP contribution in [0.5, 0.6) is 0 Å². The van der Waals surface area contributed by atoms with E-state index in [0.29, 0.717) is 41.6 Å². The van der Waals surface area contributed by atoms with E-state index in [1.807, 2.05) is 37.3 Å². The standard InChI is InChI=1S/C26H28N4O4S.2H2/c1-17(2)35(32,33)22-10-8-21(9-11-22)24-16-28-18(3)26(29-24)25-14-23(30-34-25)20-6-4-19(5-7-20)15-27-12-13-31;;/h4-11,14,16-17,27,31H,12-13,15H2,1-3H3;2*1H. The average molecular weight is 497 g/mol. The molecule has 0 fully saturated rings.